The van der Waals surface area contributed by atoms with E-state index >= 15 is 0 Å². The molecule has 1 heterocycles. The van der Waals surface area contributed by atoms with Gasteiger partial charge in [-0.1, -0.05) is 6.07 Å². The van der Waals surface area contributed by atoms with E-state index in [2.05, 4.69) is 6.07 Å². The van der Waals surface area contributed by atoms with E-state index in [0.29, 0.717) is 18.5 Å². The van der Waals surface area contributed by atoms with Gasteiger partial charge in [0.1, 0.15) is 5.78 Å². The predicted octanol–water partition coefficient (Wildman–Crippen LogP) is 2.49. The Morgan fingerprint density at radius 2 is 2.25 bits per heavy atom. The summed E-state index contributed by atoms with van der Waals surface area (Å²) in [5, 5.41) is 9.93. The van der Waals surface area contributed by atoms with Gasteiger partial charge >= 0.3 is 0 Å². The number of aryl methyl sites for hydroxylation is 1. The van der Waals surface area contributed by atoms with Crippen molar-refractivity contribution in [2.24, 2.45) is 0 Å². The second kappa shape index (κ2) is 4.19. The first kappa shape index (κ1) is 10.4. The predicted molar refractivity (Wildman–Crippen MR) is 62.0 cm³/mol. The molecule has 1 aromatic heterocycles. The van der Waals surface area contributed by atoms with Crippen molar-refractivity contribution in [2.75, 3.05) is 0 Å². The molecule has 80 valence electrons. The number of hydrogen-bond acceptors (Lipinski definition) is 2. The second-order valence-electron chi connectivity index (χ2n) is 3.85. The molecular formula is C13H12N2O. The molecule has 0 N–H and O–H groups in total. The molecule has 0 aliphatic heterocycles. The maximum absolute atomic E-state index is 10.9. The third-order valence-corrected chi connectivity index (χ3v) is 2.61. The monoisotopic (exact) mass is 212 g/mol. The number of hydrogen-bond donors (Lipinski definition) is 0. The summed E-state index contributed by atoms with van der Waals surface area (Å²) in [6.07, 6.45) is 2.48. The molecule has 0 radical (unpaired) electrons. The van der Waals surface area contributed by atoms with Gasteiger partial charge in [-0.2, -0.15) is 5.26 Å². The van der Waals surface area contributed by atoms with Crippen LogP contribution in [0.25, 0.3) is 10.9 Å². The Kier molecular flexibility index (Phi) is 2.74. The van der Waals surface area contributed by atoms with Crippen LogP contribution in [0.15, 0.2) is 30.5 Å². The molecule has 2 rings (SSSR count). The summed E-state index contributed by atoms with van der Waals surface area (Å²) in [5.74, 6) is 0.179. The first-order valence-corrected chi connectivity index (χ1v) is 5.19. The van der Waals surface area contributed by atoms with Crippen LogP contribution in [-0.4, -0.2) is 10.4 Å². The van der Waals surface area contributed by atoms with Gasteiger partial charge in [0.25, 0.3) is 0 Å². The number of benzene rings is 1. The van der Waals surface area contributed by atoms with Crippen molar-refractivity contribution in [3.05, 3.63) is 36.0 Å². The number of aromatic nitrogens is 1. The highest BCUT2D eigenvalue weighted by molar-refractivity contribution is 5.82. The summed E-state index contributed by atoms with van der Waals surface area (Å²) in [6.45, 7) is 2.26. The lowest BCUT2D eigenvalue weighted by atomic mass is 10.2. The van der Waals surface area contributed by atoms with Crippen LogP contribution in [0.3, 0.4) is 0 Å². The molecule has 0 fully saturated rings. The van der Waals surface area contributed by atoms with E-state index in [4.69, 9.17) is 5.26 Å². The minimum atomic E-state index is 0.179. The third kappa shape index (κ3) is 1.96. The number of carbonyl (C=O) groups is 1. The maximum Gasteiger partial charge on any atom is 0.131 e. The molecule has 2 aromatic rings. The van der Waals surface area contributed by atoms with E-state index in [0.717, 1.165) is 10.9 Å². The van der Waals surface area contributed by atoms with Gasteiger partial charge in [-0.05, 0) is 30.5 Å². The molecule has 0 amide bonds. The smallest absolute Gasteiger partial charge is 0.131 e. The summed E-state index contributed by atoms with van der Waals surface area (Å²) < 4.78 is 2.01. The topological polar surface area (TPSA) is 45.8 Å². The molecule has 0 aliphatic rings. The average Bonchev–Trinajstić information content (AvgIpc) is 2.68. The summed E-state index contributed by atoms with van der Waals surface area (Å²) in [4.78, 5) is 10.9. The van der Waals surface area contributed by atoms with Gasteiger partial charge in [-0.15, -0.1) is 0 Å². The van der Waals surface area contributed by atoms with E-state index < -0.39 is 0 Å². The lowest BCUT2D eigenvalue weighted by Gasteiger charge is -2.03. The zero-order valence-electron chi connectivity index (χ0n) is 9.10. The largest absolute Gasteiger partial charge is 0.347 e. The molecule has 0 unspecified atom stereocenters. The molecule has 0 aliphatic carbocycles. The minimum absolute atomic E-state index is 0.179. The van der Waals surface area contributed by atoms with Crippen molar-refractivity contribution < 1.29 is 4.79 Å². The zero-order chi connectivity index (χ0) is 11.5. The first-order chi connectivity index (χ1) is 7.70. The quantitative estimate of drug-likeness (QED) is 0.784. The fraction of sp³-hybridized carbons (Fsp3) is 0.231. The number of Topliss-reactive ketones (excluding diaryl/α,β-unsaturated/α-hetero) is 1. The molecule has 0 saturated heterocycles. The van der Waals surface area contributed by atoms with E-state index in [1.807, 2.05) is 29.0 Å². The van der Waals surface area contributed by atoms with Crippen molar-refractivity contribution in [3.63, 3.8) is 0 Å². The van der Waals surface area contributed by atoms with Gasteiger partial charge in [-0.25, -0.2) is 0 Å². The van der Waals surface area contributed by atoms with Gasteiger partial charge < -0.3 is 4.57 Å². The Hall–Kier alpha value is -2.08. The number of nitriles is 1. The Bertz CT molecular complexity index is 575. The molecule has 0 saturated carbocycles. The molecule has 3 nitrogen and oxygen atoms in total. The highest BCUT2D eigenvalue weighted by Gasteiger charge is 2.03. The zero-order valence-corrected chi connectivity index (χ0v) is 9.10. The molecule has 0 atom stereocenters. The number of nitrogens with zero attached hydrogens (tertiary/aromatic N) is 2. The standard InChI is InChI=1S/C13H12N2O/c1-10(16)4-6-15-7-5-12-3-2-11(9-14)8-13(12)15/h2-3,5,7-8H,4,6H2,1H3. The molecular weight excluding hydrogens is 200 g/mol. The normalized spacial score (nSPS) is 10.2. The molecule has 0 bridgehead atoms. The number of rotatable bonds is 3. The van der Waals surface area contributed by atoms with E-state index in [-0.39, 0.29) is 5.78 Å². The highest BCUT2D eigenvalue weighted by Crippen LogP contribution is 2.17. The fourth-order valence-electron chi connectivity index (χ4n) is 1.73. The van der Waals surface area contributed by atoms with Crippen molar-refractivity contribution in [1.82, 2.24) is 4.57 Å². The molecule has 1 aromatic carbocycles. The van der Waals surface area contributed by atoms with Crippen LogP contribution in [-0.2, 0) is 11.3 Å². The van der Waals surface area contributed by atoms with Crippen LogP contribution in [0.1, 0.15) is 18.9 Å². The summed E-state index contributed by atoms with van der Waals surface area (Å²) in [6, 6.07) is 9.71. The van der Waals surface area contributed by atoms with Gasteiger partial charge in [0, 0.05) is 24.7 Å². The van der Waals surface area contributed by atoms with Crippen LogP contribution in [0.4, 0.5) is 0 Å². The average molecular weight is 212 g/mol. The maximum atomic E-state index is 10.9. The number of ketones is 1. The summed E-state index contributed by atoms with van der Waals surface area (Å²) in [5.41, 5.74) is 1.66. The van der Waals surface area contributed by atoms with Crippen molar-refractivity contribution >= 4 is 16.7 Å². The number of fused-ring (bicyclic) bond motifs is 1. The molecule has 3 heteroatoms. The highest BCUT2D eigenvalue weighted by atomic mass is 16.1. The third-order valence-electron chi connectivity index (χ3n) is 2.61. The SMILES string of the molecule is CC(=O)CCn1ccc2ccc(C#N)cc21. The molecule has 16 heavy (non-hydrogen) atoms. The van der Waals surface area contributed by atoms with Crippen LogP contribution in [0, 0.1) is 11.3 Å². The fourth-order valence-corrected chi connectivity index (χ4v) is 1.73. The lowest BCUT2D eigenvalue weighted by Crippen LogP contribution is -2.01. The van der Waals surface area contributed by atoms with E-state index in [1.165, 1.54) is 0 Å². The Morgan fingerprint density at radius 1 is 1.44 bits per heavy atom. The van der Waals surface area contributed by atoms with Gasteiger partial charge in [0.15, 0.2) is 0 Å². The lowest BCUT2D eigenvalue weighted by molar-refractivity contribution is -0.117. The molecule has 0 spiro atoms. The summed E-state index contributed by atoms with van der Waals surface area (Å²) in [7, 11) is 0. The summed E-state index contributed by atoms with van der Waals surface area (Å²) >= 11 is 0. The van der Waals surface area contributed by atoms with Crippen molar-refractivity contribution in [3.8, 4) is 6.07 Å². The second-order valence-corrected chi connectivity index (χ2v) is 3.85. The van der Waals surface area contributed by atoms with Crippen LogP contribution < -0.4 is 0 Å². The van der Waals surface area contributed by atoms with Crippen molar-refractivity contribution in [1.29, 1.82) is 5.26 Å². The van der Waals surface area contributed by atoms with Gasteiger partial charge in [-0.3, -0.25) is 4.79 Å². The Morgan fingerprint density at radius 3 is 2.94 bits per heavy atom. The Balaban J connectivity index is 2.39. The minimum Gasteiger partial charge on any atom is -0.347 e. The van der Waals surface area contributed by atoms with E-state index in [9.17, 15) is 4.79 Å². The van der Waals surface area contributed by atoms with Gasteiger partial charge in [0.05, 0.1) is 11.6 Å². The van der Waals surface area contributed by atoms with Crippen LogP contribution in [0.5, 0.6) is 0 Å². The van der Waals surface area contributed by atoms with E-state index in [1.54, 1.807) is 13.0 Å². The van der Waals surface area contributed by atoms with Crippen molar-refractivity contribution in [2.45, 2.75) is 19.9 Å². The first-order valence-electron chi connectivity index (χ1n) is 5.19. The van der Waals surface area contributed by atoms with Crippen LogP contribution >= 0.6 is 0 Å². The van der Waals surface area contributed by atoms with Gasteiger partial charge in [0.2, 0.25) is 0 Å². The number of carbonyl (C=O) groups excluding carboxylic acids is 1. The van der Waals surface area contributed by atoms with Crippen LogP contribution in [0.2, 0.25) is 0 Å². The Labute approximate surface area is 93.9 Å².